The minimum atomic E-state index is -1.66. The van der Waals surface area contributed by atoms with Gasteiger partial charge in [-0.15, -0.1) is 0 Å². The number of aryl methyl sites for hydroxylation is 1. The van der Waals surface area contributed by atoms with Crippen LogP contribution in [0.1, 0.15) is 13.2 Å². The van der Waals surface area contributed by atoms with Crippen molar-refractivity contribution in [2.75, 3.05) is 19.0 Å². The first kappa shape index (κ1) is 15.9. The molecule has 0 aromatic carbocycles. The number of aliphatic hydroxyl groups excluding tert-OH is 2. The van der Waals surface area contributed by atoms with Gasteiger partial charge >= 0.3 is 5.65 Å². The molecule has 0 aliphatic carbocycles. The van der Waals surface area contributed by atoms with E-state index in [0.29, 0.717) is 5.52 Å². The number of rotatable bonds is 3. The molecule has 2 aromatic rings. The number of aromatic nitrogens is 4. The van der Waals surface area contributed by atoms with Crippen LogP contribution in [0, 0.1) is 0 Å². The van der Waals surface area contributed by atoms with E-state index in [4.69, 9.17) is 4.74 Å². The second-order valence-electron chi connectivity index (χ2n) is 5.85. The number of nitrogens with zero attached hydrogens (tertiary/aromatic N) is 3. The largest absolute Gasteiger partial charge is 0.394 e. The first-order chi connectivity index (χ1) is 10.8. The Morgan fingerprint density at radius 3 is 2.87 bits per heavy atom. The summed E-state index contributed by atoms with van der Waals surface area (Å²) in [5.41, 5.74) is -1.42. The van der Waals surface area contributed by atoms with Gasteiger partial charge in [-0.3, -0.25) is 14.3 Å². The van der Waals surface area contributed by atoms with Crippen LogP contribution < -0.4 is 15.4 Å². The first-order valence-corrected chi connectivity index (χ1v) is 7.16. The van der Waals surface area contributed by atoms with Gasteiger partial charge < -0.3 is 25.4 Å². The molecule has 1 aliphatic rings. The Morgan fingerprint density at radius 2 is 2.30 bits per heavy atom. The number of imidazole rings is 1. The van der Waals surface area contributed by atoms with Crippen molar-refractivity contribution in [1.29, 1.82) is 0 Å². The summed E-state index contributed by atoms with van der Waals surface area (Å²) in [4.78, 5) is 19.1. The van der Waals surface area contributed by atoms with Crippen molar-refractivity contribution in [2.45, 2.75) is 31.0 Å². The topological polar surface area (TPSA) is 137 Å². The maximum absolute atomic E-state index is 12.2. The highest BCUT2D eigenvalue weighted by molar-refractivity contribution is 5.67. The molecule has 10 nitrogen and oxygen atoms in total. The second kappa shape index (κ2) is 5.27. The predicted octanol–water partition coefficient (Wildman–Crippen LogP) is -2.41. The van der Waals surface area contributed by atoms with E-state index >= 15 is 0 Å². The molecular formula is C13H20N5O5+. The van der Waals surface area contributed by atoms with Crippen LogP contribution in [0.2, 0.25) is 0 Å². The number of anilines is 1. The summed E-state index contributed by atoms with van der Waals surface area (Å²) in [6.07, 6.45) is -1.65. The minimum Gasteiger partial charge on any atom is -0.394 e. The lowest BCUT2D eigenvalue weighted by molar-refractivity contribution is -0.752. The van der Waals surface area contributed by atoms with Gasteiger partial charge in [0.15, 0.2) is 6.33 Å². The molecule has 1 saturated heterocycles. The lowest BCUT2D eigenvalue weighted by Gasteiger charge is -2.24. The van der Waals surface area contributed by atoms with Gasteiger partial charge in [0.05, 0.1) is 13.7 Å². The molecule has 1 aliphatic heterocycles. The average molecular weight is 326 g/mol. The third-order valence-electron chi connectivity index (χ3n) is 4.20. The van der Waals surface area contributed by atoms with E-state index in [1.165, 1.54) is 11.5 Å². The lowest BCUT2D eigenvalue weighted by Crippen LogP contribution is -2.53. The highest BCUT2D eigenvalue weighted by atomic mass is 16.6. The van der Waals surface area contributed by atoms with Crippen molar-refractivity contribution in [1.82, 2.24) is 14.5 Å². The summed E-state index contributed by atoms with van der Waals surface area (Å²) >= 11 is 0. The zero-order valence-corrected chi connectivity index (χ0v) is 13.0. The maximum atomic E-state index is 12.2. The molecule has 4 atom stereocenters. The van der Waals surface area contributed by atoms with Crippen LogP contribution in [0.5, 0.6) is 0 Å². The Balaban J connectivity index is 2.21. The van der Waals surface area contributed by atoms with E-state index in [1.54, 1.807) is 25.0 Å². The van der Waals surface area contributed by atoms with Gasteiger partial charge in [-0.05, 0) is 6.92 Å². The SMILES string of the molecule is CNc1nc2c(c(=O)[nH]1)n(C)c[n+]2[C@@H]1O[C@H](CO)[C@@H](O)[C@@]1(C)O. The van der Waals surface area contributed by atoms with Gasteiger partial charge in [0, 0.05) is 7.05 Å². The minimum absolute atomic E-state index is 0.263. The van der Waals surface area contributed by atoms with E-state index < -0.39 is 30.6 Å². The predicted molar refractivity (Wildman–Crippen MR) is 78.7 cm³/mol. The zero-order valence-electron chi connectivity index (χ0n) is 13.0. The quantitative estimate of drug-likeness (QED) is 0.396. The van der Waals surface area contributed by atoms with Gasteiger partial charge in [-0.25, -0.2) is 4.57 Å². The number of ether oxygens (including phenoxy) is 1. The molecule has 0 bridgehead atoms. The highest BCUT2D eigenvalue weighted by Gasteiger charge is 2.55. The molecular weight excluding hydrogens is 306 g/mol. The number of hydrogen-bond donors (Lipinski definition) is 5. The standard InChI is InChI=1S/C13H19N5O5/c1-13(22)8(20)6(4-19)23-11(13)18-5-17(3)7-9(18)15-12(14-2)16-10(7)21/h5-6,8,11,19-20,22H,4H2,1-3H3,(H-,14,15,16,21)/p+1/t6-,8-,11-,13-/m1/s1. The van der Waals surface area contributed by atoms with E-state index in [-0.39, 0.29) is 17.2 Å². The highest BCUT2D eigenvalue weighted by Crippen LogP contribution is 2.35. The van der Waals surface area contributed by atoms with Gasteiger partial charge in [-0.1, -0.05) is 4.98 Å². The molecule has 0 unspecified atom stereocenters. The molecule has 126 valence electrons. The van der Waals surface area contributed by atoms with Gasteiger partial charge in [-0.2, -0.15) is 0 Å². The zero-order chi connectivity index (χ0) is 16.9. The third kappa shape index (κ3) is 2.22. The van der Waals surface area contributed by atoms with Crippen molar-refractivity contribution in [3.8, 4) is 0 Å². The van der Waals surface area contributed by atoms with Gasteiger partial charge in [0.1, 0.15) is 17.8 Å². The number of hydrogen-bond acceptors (Lipinski definition) is 7. The van der Waals surface area contributed by atoms with Gasteiger partial charge in [0.25, 0.3) is 11.5 Å². The van der Waals surface area contributed by atoms with E-state index in [9.17, 15) is 20.1 Å². The number of aromatic amines is 1. The second-order valence-corrected chi connectivity index (χ2v) is 5.85. The van der Waals surface area contributed by atoms with Crippen LogP contribution in [-0.4, -0.2) is 61.3 Å². The molecule has 0 saturated carbocycles. The monoisotopic (exact) mass is 326 g/mol. The van der Waals surface area contributed by atoms with Crippen molar-refractivity contribution < 1.29 is 24.6 Å². The van der Waals surface area contributed by atoms with Crippen LogP contribution in [0.4, 0.5) is 5.95 Å². The van der Waals surface area contributed by atoms with Crippen LogP contribution >= 0.6 is 0 Å². The van der Waals surface area contributed by atoms with Crippen LogP contribution in [0.15, 0.2) is 11.1 Å². The Labute approximate surface area is 131 Å². The molecule has 10 heteroatoms. The Kier molecular flexibility index (Phi) is 3.64. The Hall–Kier alpha value is -2.01. The summed E-state index contributed by atoms with van der Waals surface area (Å²) in [6.45, 7) is 0.977. The molecule has 3 heterocycles. The Morgan fingerprint density at radius 1 is 1.61 bits per heavy atom. The van der Waals surface area contributed by atoms with E-state index in [1.807, 2.05) is 0 Å². The molecule has 2 aromatic heterocycles. The fourth-order valence-corrected chi connectivity index (χ4v) is 2.93. The summed E-state index contributed by atoms with van der Waals surface area (Å²) < 4.78 is 8.62. The fourth-order valence-electron chi connectivity index (χ4n) is 2.93. The number of fused-ring (bicyclic) bond motifs is 1. The summed E-state index contributed by atoms with van der Waals surface area (Å²) in [5, 5.41) is 32.8. The summed E-state index contributed by atoms with van der Waals surface area (Å²) in [7, 11) is 3.28. The molecule has 1 fully saturated rings. The van der Waals surface area contributed by atoms with Crippen molar-refractivity contribution in [3.63, 3.8) is 0 Å². The first-order valence-electron chi connectivity index (χ1n) is 7.16. The van der Waals surface area contributed by atoms with E-state index in [2.05, 4.69) is 15.3 Å². The van der Waals surface area contributed by atoms with Crippen LogP contribution in [0.3, 0.4) is 0 Å². The summed E-state index contributed by atoms with van der Waals surface area (Å²) in [5.74, 6) is 0.263. The van der Waals surface area contributed by atoms with Gasteiger partial charge in [0.2, 0.25) is 11.7 Å². The molecule has 0 amide bonds. The molecule has 0 spiro atoms. The van der Waals surface area contributed by atoms with Crippen LogP contribution in [0.25, 0.3) is 11.2 Å². The molecule has 3 rings (SSSR count). The van der Waals surface area contributed by atoms with Crippen LogP contribution in [-0.2, 0) is 11.8 Å². The normalized spacial score (nSPS) is 31.0. The third-order valence-corrected chi connectivity index (χ3v) is 4.20. The number of nitrogens with one attached hydrogen (secondary N) is 2. The molecule has 23 heavy (non-hydrogen) atoms. The fraction of sp³-hybridized carbons (Fsp3) is 0.615. The number of aliphatic hydroxyl groups is 3. The Bertz CT molecular complexity index is 798. The summed E-state index contributed by atoms with van der Waals surface area (Å²) in [6, 6.07) is 0. The van der Waals surface area contributed by atoms with Crippen molar-refractivity contribution in [2.24, 2.45) is 7.05 Å². The maximum Gasteiger partial charge on any atom is 0.313 e. The molecule has 0 radical (unpaired) electrons. The van der Waals surface area contributed by atoms with Crippen molar-refractivity contribution in [3.05, 3.63) is 16.7 Å². The average Bonchev–Trinajstić information content (AvgIpc) is 2.95. The molecule has 5 N–H and O–H groups in total. The smallest absolute Gasteiger partial charge is 0.313 e. The van der Waals surface area contributed by atoms with E-state index in [0.717, 1.165) is 0 Å². The van der Waals surface area contributed by atoms with Crippen molar-refractivity contribution >= 4 is 17.1 Å². The lowest BCUT2D eigenvalue weighted by atomic mass is 9.96. The number of H-pyrrole nitrogens is 1.